The molecule has 0 radical (unpaired) electrons. The molecule has 1 fully saturated rings. The van der Waals surface area contributed by atoms with Crippen LogP contribution in [-0.2, 0) is 0 Å². The standard InChI is InChI=1S/C13H17N3O/c1-10(17)11-5-7-15-13(9-11)16(8-2-6-14)12-3-4-12/h5,7,9-10,12,17H,2-4,8H2,1H3/t10-/m1/s1. The van der Waals surface area contributed by atoms with Crippen molar-refractivity contribution >= 4 is 5.82 Å². The molecule has 4 heteroatoms. The summed E-state index contributed by atoms with van der Waals surface area (Å²) in [6, 6.07) is 6.44. The highest BCUT2D eigenvalue weighted by Gasteiger charge is 2.29. The molecule has 0 amide bonds. The fraction of sp³-hybridized carbons (Fsp3) is 0.538. The van der Waals surface area contributed by atoms with Gasteiger partial charge in [0.1, 0.15) is 5.82 Å². The van der Waals surface area contributed by atoms with Gasteiger partial charge in [-0.25, -0.2) is 4.98 Å². The molecule has 1 saturated carbocycles. The third-order valence-corrected chi connectivity index (χ3v) is 3.00. The van der Waals surface area contributed by atoms with Crippen molar-refractivity contribution in [3.05, 3.63) is 23.9 Å². The van der Waals surface area contributed by atoms with Crippen molar-refractivity contribution in [3.8, 4) is 6.07 Å². The highest BCUT2D eigenvalue weighted by Crippen LogP contribution is 2.31. The molecule has 90 valence electrons. The zero-order chi connectivity index (χ0) is 12.3. The second-order valence-electron chi connectivity index (χ2n) is 4.46. The quantitative estimate of drug-likeness (QED) is 0.842. The first-order valence-electron chi connectivity index (χ1n) is 6.00. The molecular weight excluding hydrogens is 214 g/mol. The van der Waals surface area contributed by atoms with Crippen molar-refractivity contribution in [2.24, 2.45) is 0 Å². The zero-order valence-corrected chi connectivity index (χ0v) is 10.0. The number of aliphatic hydroxyl groups is 1. The molecule has 0 spiro atoms. The SMILES string of the molecule is C[C@@H](O)c1ccnc(N(CCC#N)C2CC2)c1. The summed E-state index contributed by atoms with van der Waals surface area (Å²) in [5.41, 5.74) is 0.873. The van der Waals surface area contributed by atoms with E-state index in [1.807, 2.05) is 12.1 Å². The zero-order valence-electron chi connectivity index (χ0n) is 10.0. The monoisotopic (exact) mass is 231 g/mol. The van der Waals surface area contributed by atoms with E-state index in [1.165, 1.54) is 12.8 Å². The van der Waals surface area contributed by atoms with Gasteiger partial charge in [-0.05, 0) is 37.5 Å². The van der Waals surface area contributed by atoms with Crippen LogP contribution in [0, 0.1) is 11.3 Å². The first-order valence-corrected chi connectivity index (χ1v) is 6.00. The van der Waals surface area contributed by atoms with Gasteiger partial charge in [-0.2, -0.15) is 5.26 Å². The van der Waals surface area contributed by atoms with E-state index in [0.29, 0.717) is 12.5 Å². The summed E-state index contributed by atoms with van der Waals surface area (Å²) in [5.74, 6) is 0.876. The Hall–Kier alpha value is -1.60. The maximum atomic E-state index is 9.56. The average Bonchev–Trinajstić information content (AvgIpc) is 3.14. The summed E-state index contributed by atoms with van der Waals surface area (Å²) >= 11 is 0. The number of hydrogen-bond donors (Lipinski definition) is 1. The van der Waals surface area contributed by atoms with Crippen molar-refractivity contribution in [1.82, 2.24) is 4.98 Å². The van der Waals surface area contributed by atoms with Gasteiger partial charge >= 0.3 is 0 Å². The third kappa shape index (κ3) is 2.95. The Bertz CT molecular complexity index is 421. The number of anilines is 1. The normalized spacial score (nSPS) is 16.3. The molecule has 0 bridgehead atoms. The lowest BCUT2D eigenvalue weighted by molar-refractivity contribution is 0.199. The first kappa shape index (κ1) is 11.9. The van der Waals surface area contributed by atoms with Crippen LogP contribution >= 0.6 is 0 Å². The minimum Gasteiger partial charge on any atom is -0.389 e. The van der Waals surface area contributed by atoms with E-state index < -0.39 is 6.10 Å². The maximum Gasteiger partial charge on any atom is 0.129 e. The van der Waals surface area contributed by atoms with Crippen LogP contribution in [0.4, 0.5) is 5.82 Å². The third-order valence-electron chi connectivity index (χ3n) is 3.00. The lowest BCUT2D eigenvalue weighted by atomic mass is 10.1. The van der Waals surface area contributed by atoms with Gasteiger partial charge in [0.2, 0.25) is 0 Å². The number of nitriles is 1. The number of aromatic nitrogens is 1. The molecule has 0 aliphatic heterocycles. The summed E-state index contributed by atoms with van der Waals surface area (Å²) in [6.07, 6.45) is 4.10. The first-order chi connectivity index (χ1) is 8.22. The van der Waals surface area contributed by atoms with Crippen molar-refractivity contribution in [3.63, 3.8) is 0 Å². The van der Waals surface area contributed by atoms with E-state index >= 15 is 0 Å². The van der Waals surface area contributed by atoms with Gasteiger partial charge in [0, 0.05) is 18.8 Å². The van der Waals surface area contributed by atoms with Gasteiger partial charge in [-0.1, -0.05) is 0 Å². The summed E-state index contributed by atoms with van der Waals surface area (Å²) in [5, 5.41) is 18.2. The van der Waals surface area contributed by atoms with Gasteiger partial charge in [-0.15, -0.1) is 0 Å². The molecule has 0 unspecified atom stereocenters. The van der Waals surface area contributed by atoms with Crippen LogP contribution in [0.2, 0.25) is 0 Å². The Kier molecular flexibility index (Phi) is 3.60. The van der Waals surface area contributed by atoms with E-state index in [1.54, 1.807) is 13.1 Å². The van der Waals surface area contributed by atoms with Crippen LogP contribution in [0.25, 0.3) is 0 Å². The van der Waals surface area contributed by atoms with Crippen LogP contribution in [0.1, 0.15) is 37.9 Å². The van der Waals surface area contributed by atoms with E-state index in [4.69, 9.17) is 5.26 Å². The molecule has 0 saturated heterocycles. The van der Waals surface area contributed by atoms with Gasteiger partial charge in [0.05, 0.1) is 18.6 Å². The fourth-order valence-electron chi connectivity index (χ4n) is 1.89. The Morgan fingerprint density at radius 1 is 1.65 bits per heavy atom. The Morgan fingerprint density at radius 2 is 2.41 bits per heavy atom. The van der Waals surface area contributed by atoms with Gasteiger partial charge in [0.25, 0.3) is 0 Å². The molecule has 1 aromatic heterocycles. The molecule has 1 atom stereocenters. The highest BCUT2D eigenvalue weighted by atomic mass is 16.3. The topological polar surface area (TPSA) is 60.2 Å². The lowest BCUT2D eigenvalue weighted by Gasteiger charge is -2.23. The van der Waals surface area contributed by atoms with E-state index in [-0.39, 0.29) is 0 Å². The van der Waals surface area contributed by atoms with Gasteiger partial charge in [0.15, 0.2) is 0 Å². The number of pyridine rings is 1. The largest absolute Gasteiger partial charge is 0.389 e. The highest BCUT2D eigenvalue weighted by molar-refractivity contribution is 5.44. The van der Waals surface area contributed by atoms with Gasteiger partial charge < -0.3 is 10.0 Å². The minimum absolute atomic E-state index is 0.478. The van der Waals surface area contributed by atoms with Crippen molar-refractivity contribution < 1.29 is 5.11 Å². The molecule has 1 N–H and O–H groups in total. The molecule has 17 heavy (non-hydrogen) atoms. The second-order valence-corrected chi connectivity index (χ2v) is 4.46. The van der Waals surface area contributed by atoms with Crippen LogP contribution in [0.3, 0.4) is 0 Å². The van der Waals surface area contributed by atoms with Gasteiger partial charge in [-0.3, -0.25) is 0 Å². The number of aliphatic hydroxyl groups excluding tert-OH is 1. The van der Waals surface area contributed by atoms with Crippen LogP contribution in [0.15, 0.2) is 18.3 Å². The predicted octanol–water partition coefficient (Wildman–Crippen LogP) is 2.02. The molecule has 1 heterocycles. The summed E-state index contributed by atoms with van der Waals surface area (Å²) in [6.45, 7) is 2.47. The average molecular weight is 231 g/mol. The minimum atomic E-state index is -0.478. The molecular formula is C13H17N3O. The van der Waals surface area contributed by atoms with Crippen LogP contribution in [-0.4, -0.2) is 22.7 Å². The molecule has 1 aliphatic carbocycles. The van der Waals surface area contributed by atoms with E-state index in [9.17, 15) is 5.11 Å². The summed E-state index contributed by atoms with van der Waals surface area (Å²) < 4.78 is 0. The van der Waals surface area contributed by atoms with Crippen LogP contribution in [0.5, 0.6) is 0 Å². The number of rotatable bonds is 5. The molecule has 0 aromatic carbocycles. The number of nitrogens with zero attached hydrogens (tertiary/aromatic N) is 3. The Labute approximate surface area is 102 Å². The number of hydrogen-bond acceptors (Lipinski definition) is 4. The molecule has 2 rings (SSSR count). The summed E-state index contributed by atoms with van der Waals surface area (Å²) in [4.78, 5) is 6.52. The van der Waals surface area contributed by atoms with E-state index in [0.717, 1.165) is 17.9 Å². The van der Waals surface area contributed by atoms with Crippen molar-refractivity contribution in [2.75, 3.05) is 11.4 Å². The van der Waals surface area contributed by atoms with Crippen molar-refractivity contribution in [1.29, 1.82) is 5.26 Å². The smallest absolute Gasteiger partial charge is 0.129 e. The Balaban J connectivity index is 2.17. The Morgan fingerprint density at radius 3 is 3.00 bits per heavy atom. The van der Waals surface area contributed by atoms with E-state index in [2.05, 4.69) is 16.0 Å². The molecule has 1 aliphatic rings. The predicted molar refractivity (Wildman–Crippen MR) is 65.5 cm³/mol. The summed E-state index contributed by atoms with van der Waals surface area (Å²) in [7, 11) is 0. The fourth-order valence-corrected chi connectivity index (χ4v) is 1.89. The maximum absolute atomic E-state index is 9.56. The lowest BCUT2D eigenvalue weighted by Crippen LogP contribution is -2.27. The van der Waals surface area contributed by atoms with Crippen LogP contribution < -0.4 is 4.90 Å². The second kappa shape index (κ2) is 5.15. The van der Waals surface area contributed by atoms with Crippen molar-refractivity contribution in [2.45, 2.75) is 38.3 Å². The molecule has 4 nitrogen and oxygen atoms in total. The molecule has 1 aromatic rings.